The van der Waals surface area contributed by atoms with Gasteiger partial charge in [-0.15, -0.1) is 11.3 Å². The van der Waals surface area contributed by atoms with E-state index in [0.29, 0.717) is 18.0 Å². The number of benzene rings is 2. The van der Waals surface area contributed by atoms with Gasteiger partial charge in [0.2, 0.25) is 5.91 Å². The minimum atomic E-state index is -3.27. The van der Waals surface area contributed by atoms with Crippen LogP contribution in [0, 0.1) is 0 Å². The number of anilines is 1. The average molecular weight is 530 g/mol. The molecule has 0 aliphatic rings. The van der Waals surface area contributed by atoms with Gasteiger partial charge in [-0.25, -0.2) is 18.2 Å². The Balaban J connectivity index is 1.75. The molecule has 0 saturated carbocycles. The molecule has 3 rings (SSSR count). The Hall–Kier alpha value is -3.24. The summed E-state index contributed by atoms with van der Waals surface area (Å²) in [6.07, 6.45) is 1.85. The molecule has 3 aromatic rings. The number of carbonyl (C=O) groups excluding carboxylic acids is 2. The third-order valence-corrected chi connectivity index (χ3v) is 7.12. The molecule has 0 spiro atoms. The number of hydrogen-bond acceptors (Lipinski definition) is 7. The van der Waals surface area contributed by atoms with Crippen LogP contribution in [0.3, 0.4) is 0 Å². The topological polar surface area (TPSA) is 114 Å². The summed E-state index contributed by atoms with van der Waals surface area (Å²) >= 11 is 1.39. The first-order valence-corrected chi connectivity index (χ1v) is 14.1. The number of carbonyl (C=O) groups is 2. The smallest absolute Gasteiger partial charge is 0.407 e. The Kier molecular flexibility index (Phi) is 8.52. The van der Waals surface area contributed by atoms with Crippen LogP contribution in [0.2, 0.25) is 0 Å². The van der Waals surface area contributed by atoms with Gasteiger partial charge in [0, 0.05) is 42.0 Å². The van der Waals surface area contributed by atoms with Crippen LogP contribution in [0.5, 0.6) is 0 Å². The van der Waals surface area contributed by atoms with Crippen LogP contribution >= 0.6 is 11.3 Å². The standard InChI is InChI=1S/C26H31N3O5S2/c1-17(30)27-24-28-23(22(35-24)16-19-8-12-21(13-9-19)36(5,32)33)20-10-6-18(7-11-20)14-15-34-25(31)29-26(2,3)4/h6-13H,14-16H2,1-5H3,(H,29,31)(H,27,28,30). The highest BCUT2D eigenvalue weighted by Crippen LogP contribution is 2.33. The van der Waals surface area contributed by atoms with E-state index in [1.54, 1.807) is 24.3 Å². The predicted octanol–water partition coefficient (Wildman–Crippen LogP) is 4.83. The fourth-order valence-electron chi connectivity index (χ4n) is 3.37. The van der Waals surface area contributed by atoms with Gasteiger partial charge in [-0.05, 0) is 44.0 Å². The minimum Gasteiger partial charge on any atom is -0.449 e. The van der Waals surface area contributed by atoms with Crippen molar-refractivity contribution >= 4 is 38.3 Å². The number of sulfone groups is 1. The maximum atomic E-state index is 11.8. The molecule has 36 heavy (non-hydrogen) atoms. The summed E-state index contributed by atoms with van der Waals surface area (Å²) < 4.78 is 28.8. The Morgan fingerprint density at radius 3 is 2.17 bits per heavy atom. The maximum absolute atomic E-state index is 11.8. The van der Waals surface area contributed by atoms with E-state index in [1.807, 2.05) is 45.0 Å². The highest BCUT2D eigenvalue weighted by atomic mass is 32.2. The molecule has 192 valence electrons. The Morgan fingerprint density at radius 1 is 1.00 bits per heavy atom. The average Bonchev–Trinajstić information content (AvgIpc) is 3.14. The van der Waals surface area contributed by atoms with Crippen molar-refractivity contribution in [2.75, 3.05) is 18.2 Å². The van der Waals surface area contributed by atoms with E-state index in [-0.39, 0.29) is 22.9 Å². The second-order valence-corrected chi connectivity index (χ2v) is 12.6. The van der Waals surface area contributed by atoms with Gasteiger partial charge in [-0.3, -0.25) is 4.79 Å². The molecule has 0 bridgehead atoms. The number of hydrogen-bond donors (Lipinski definition) is 2. The molecular weight excluding hydrogens is 498 g/mol. The Labute approximate surface area is 216 Å². The van der Waals surface area contributed by atoms with E-state index < -0.39 is 15.9 Å². The van der Waals surface area contributed by atoms with Crippen LogP contribution in [0.4, 0.5) is 9.93 Å². The molecule has 0 unspecified atom stereocenters. The molecule has 2 amide bonds. The molecule has 1 heterocycles. The number of aromatic nitrogens is 1. The normalized spacial score (nSPS) is 11.7. The fourth-order valence-corrected chi connectivity index (χ4v) is 5.07. The lowest BCUT2D eigenvalue weighted by Gasteiger charge is -2.19. The fraction of sp³-hybridized carbons (Fsp3) is 0.346. The number of nitrogens with zero attached hydrogens (tertiary/aromatic N) is 1. The summed E-state index contributed by atoms with van der Waals surface area (Å²) in [5.74, 6) is -0.204. The summed E-state index contributed by atoms with van der Waals surface area (Å²) in [7, 11) is -3.27. The third-order valence-electron chi connectivity index (χ3n) is 5.02. The molecule has 8 nitrogen and oxygen atoms in total. The van der Waals surface area contributed by atoms with Gasteiger partial charge in [-0.2, -0.15) is 0 Å². The second kappa shape index (κ2) is 11.2. The lowest BCUT2D eigenvalue weighted by Crippen LogP contribution is -2.41. The van der Waals surface area contributed by atoms with Crippen LogP contribution in [0.1, 0.15) is 43.7 Å². The van der Waals surface area contributed by atoms with Crippen LogP contribution in [-0.4, -0.2) is 43.8 Å². The van der Waals surface area contributed by atoms with Gasteiger partial charge < -0.3 is 15.4 Å². The Bertz CT molecular complexity index is 1320. The minimum absolute atomic E-state index is 0.204. The zero-order valence-corrected chi connectivity index (χ0v) is 22.7. The van der Waals surface area contributed by atoms with Gasteiger partial charge in [-0.1, -0.05) is 36.4 Å². The SMILES string of the molecule is CC(=O)Nc1nc(-c2ccc(CCOC(=O)NC(C)(C)C)cc2)c(Cc2ccc(S(C)(=O)=O)cc2)s1. The molecule has 2 N–H and O–H groups in total. The van der Waals surface area contributed by atoms with Crippen molar-refractivity contribution in [3.63, 3.8) is 0 Å². The first kappa shape index (κ1) is 27.3. The first-order valence-electron chi connectivity index (χ1n) is 11.4. The first-order chi connectivity index (χ1) is 16.8. The molecule has 0 aliphatic heterocycles. The monoisotopic (exact) mass is 529 g/mol. The van der Waals surface area contributed by atoms with Crippen molar-refractivity contribution < 1.29 is 22.7 Å². The van der Waals surface area contributed by atoms with Gasteiger partial charge in [0.25, 0.3) is 0 Å². The molecule has 10 heteroatoms. The summed E-state index contributed by atoms with van der Waals surface area (Å²) in [4.78, 5) is 29.3. The van der Waals surface area contributed by atoms with E-state index in [1.165, 1.54) is 24.5 Å². The van der Waals surface area contributed by atoms with Gasteiger partial charge in [0.15, 0.2) is 15.0 Å². The number of alkyl carbamates (subject to hydrolysis) is 1. The zero-order valence-electron chi connectivity index (χ0n) is 21.0. The molecule has 1 aromatic heterocycles. The number of nitrogens with one attached hydrogen (secondary N) is 2. The summed E-state index contributed by atoms with van der Waals surface area (Å²) in [5.41, 5.74) is 3.24. The van der Waals surface area contributed by atoms with Crippen molar-refractivity contribution in [1.29, 1.82) is 0 Å². The lowest BCUT2D eigenvalue weighted by atomic mass is 10.0. The van der Waals surface area contributed by atoms with Gasteiger partial charge in [0.1, 0.15) is 0 Å². The lowest BCUT2D eigenvalue weighted by molar-refractivity contribution is -0.114. The van der Waals surface area contributed by atoms with Crippen LogP contribution in [0.25, 0.3) is 11.3 Å². The molecule has 0 fully saturated rings. The number of thiazole rings is 1. The number of rotatable bonds is 8. The van der Waals surface area contributed by atoms with Crippen LogP contribution in [0.15, 0.2) is 53.4 Å². The number of ether oxygens (including phenoxy) is 1. The van der Waals surface area contributed by atoms with E-state index in [4.69, 9.17) is 4.74 Å². The summed E-state index contributed by atoms with van der Waals surface area (Å²) in [5, 5.41) is 6.01. The molecule has 0 radical (unpaired) electrons. The van der Waals surface area contributed by atoms with Crippen molar-refractivity contribution in [2.45, 2.75) is 51.0 Å². The molecule has 0 atom stereocenters. The van der Waals surface area contributed by atoms with E-state index in [9.17, 15) is 18.0 Å². The Morgan fingerprint density at radius 2 is 1.61 bits per heavy atom. The summed E-state index contributed by atoms with van der Waals surface area (Å²) in [6, 6.07) is 14.6. The predicted molar refractivity (Wildman–Crippen MR) is 142 cm³/mol. The number of amides is 2. The van der Waals surface area contributed by atoms with Crippen molar-refractivity contribution in [1.82, 2.24) is 10.3 Å². The van der Waals surface area contributed by atoms with Gasteiger partial charge >= 0.3 is 6.09 Å². The van der Waals surface area contributed by atoms with E-state index in [0.717, 1.165) is 27.3 Å². The molecule has 0 aliphatic carbocycles. The largest absolute Gasteiger partial charge is 0.449 e. The summed E-state index contributed by atoms with van der Waals surface area (Å²) in [6.45, 7) is 7.37. The van der Waals surface area contributed by atoms with E-state index >= 15 is 0 Å². The van der Waals surface area contributed by atoms with Gasteiger partial charge in [0.05, 0.1) is 17.2 Å². The van der Waals surface area contributed by atoms with Crippen LogP contribution < -0.4 is 10.6 Å². The highest BCUT2D eigenvalue weighted by Gasteiger charge is 2.16. The molecule has 0 saturated heterocycles. The quantitative estimate of drug-likeness (QED) is 0.432. The van der Waals surface area contributed by atoms with Crippen molar-refractivity contribution in [2.24, 2.45) is 0 Å². The van der Waals surface area contributed by atoms with Crippen molar-refractivity contribution in [3.8, 4) is 11.3 Å². The second-order valence-electron chi connectivity index (χ2n) is 9.52. The van der Waals surface area contributed by atoms with E-state index in [2.05, 4.69) is 15.6 Å². The molecule has 2 aromatic carbocycles. The zero-order chi connectivity index (χ0) is 26.5. The maximum Gasteiger partial charge on any atom is 0.407 e. The van der Waals surface area contributed by atoms with Crippen molar-refractivity contribution in [3.05, 3.63) is 64.5 Å². The van der Waals surface area contributed by atoms with Crippen LogP contribution in [-0.2, 0) is 32.2 Å². The third kappa shape index (κ3) is 8.17. The highest BCUT2D eigenvalue weighted by molar-refractivity contribution is 7.90. The molecular formula is C26H31N3O5S2.